The summed E-state index contributed by atoms with van der Waals surface area (Å²) < 4.78 is 0. The van der Waals surface area contributed by atoms with Crippen molar-refractivity contribution in [2.24, 2.45) is 0 Å². The molecule has 0 fully saturated rings. The Kier molecular flexibility index (Phi) is 3.35. The lowest BCUT2D eigenvalue weighted by atomic mass is 10.1. The van der Waals surface area contributed by atoms with Crippen molar-refractivity contribution < 1.29 is 0 Å². The average molecular weight is 189 g/mol. The second-order valence-electron chi connectivity index (χ2n) is 3.06. The molecule has 0 heterocycles. The Balaban J connectivity index is 3.06. The van der Waals surface area contributed by atoms with Gasteiger partial charge in [-0.25, -0.2) is 0 Å². The minimum absolute atomic E-state index is 0.545. The third-order valence-corrected chi connectivity index (χ3v) is 2.29. The van der Waals surface area contributed by atoms with E-state index in [-0.39, 0.29) is 0 Å². The quantitative estimate of drug-likeness (QED) is 0.740. The zero-order valence-electron chi connectivity index (χ0n) is 8.62. The van der Waals surface area contributed by atoms with Gasteiger partial charge in [0.05, 0.1) is 5.56 Å². The van der Waals surface area contributed by atoms with Gasteiger partial charge < -0.3 is 10.6 Å². The number of nitrogen functional groups attached to an aromatic ring is 1. The molecule has 0 atom stereocenters. The normalized spacial score (nSPS) is 9.50. The van der Waals surface area contributed by atoms with Crippen LogP contribution in [-0.2, 0) is 0 Å². The van der Waals surface area contributed by atoms with Crippen LogP contribution in [0.25, 0.3) is 0 Å². The first-order valence-corrected chi connectivity index (χ1v) is 4.77. The number of nitrogens with zero attached hydrogens (tertiary/aromatic N) is 2. The number of anilines is 2. The van der Waals surface area contributed by atoms with Crippen LogP contribution >= 0.6 is 0 Å². The summed E-state index contributed by atoms with van der Waals surface area (Å²) in [7, 11) is 0. The molecule has 0 radical (unpaired) electrons. The first-order chi connectivity index (χ1) is 6.72. The number of hydrogen-bond acceptors (Lipinski definition) is 3. The summed E-state index contributed by atoms with van der Waals surface area (Å²) in [6.07, 6.45) is 0. The molecule has 1 rings (SSSR count). The van der Waals surface area contributed by atoms with Crippen molar-refractivity contribution in [1.29, 1.82) is 5.26 Å². The highest BCUT2D eigenvalue weighted by molar-refractivity contribution is 5.62. The monoisotopic (exact) mass is 189 g/mol. The van der Waals surface area contributed by atoms with Crippen molar-refractivity contribution in [3.63, 3.8) is 0 Å². The third-order valence-electron chi connectivity index (χ3n) is 2.29. The highest BCUT2D eigenvalue weighted by Gasteiger charge is 2.04. The molecule has 0 spiro atoms. The van der Waals surface area contributed by atoms with Gasteiger partial charge >= 0.3 is 0 Å². The smallest absolute Gasteiger partial charge is 0.101 e. The molecule has 0 aliphatic carbocycles. The van der Waals surface area contributed by atoms with Gasteiger partial charge in [0.15, 0.2) is 0 Å². The Hall–Kier alpha value is -1.69. The fourth-order valence-corrected chi connectivity index (χ4v) is 1.43. The maximum Gasteiger partial charge on any atom is 0.101 e. The Morgan fingerprint density at radius 2 is 2.00 bits per heavy atom. The Morgan fingerprint density at radius 1 is 1.36 bits per heavy atom. The zero-order chi connectivity index (χ0) is 10.6. The Morgan fingerprint density at radius 3 is 2.50 bits per heavy atom. The molecule has 0 amide bonds. The van der Waals surface area contributed by atoms with Gasteiger partial charge in [0.1, 0.15) is 6.07 Å². The van der Waals surface area contributed by atoms with Gasteiger partial charge in [-0.1, -0.05) is 0 Å². The number of rotatable bonds is 3. The summed E-state index contributed by atoms with van der Waals surface area (Å²) in [5, 5.41) is 8.82. The van der Waals surface area contributed by atoms with Crippen molar-refractivity contribution in [3.05, 3.63) is 23.8 Å². The molecule has 14 heavy (non-hydrogen) atoms. The molecule has 0 aliphatic heterocycles. The molecule has 74 valence electrons. The summed E-state index contributed by atoms with van der Waals surface area (Å²) >= 11 is 0. The minimum atomic E-state index is 0.545. The molecule has 0 aromatic heterocycles. The van der Waals surface area contributed by atoms with Crippen molar-refractivity contribution >= 4 is 11.4 Å². The predicted molar refractivity (Wildman–Crippen MR) is 59.1 cm³/mol. The maximum atomic E-state index is 8.82. The molecule has 3 nitrogen and oxygen atoms in total. The summed E-state index contributed by atoms with van der Waals surface area (Å²) in [5.74, 6) is 0. The second-order valence-corrected chi connectivity index (χ2v) is 3.06. The van der Waals surface area contributed by atoms with Crippen LogP contribution in [0.4, 0.5) is 11.4 Å². The van der Waals surface area contributed by atoms with Crippen molar-refractivity contribution in [3.8, 4) is 6.07 Å². The standard InChI is InChI=1S/C11H15N3/c1-3-14(4-2)10-5-6-11(13)9(7-10)8-12/h5-7H,3-4,13H2,1-2H3. The van der Waals surface area contributed by atoms with Gasteiger partial charge in [-0.3, -0.25) is 0 Å². The minimum Gasteiger partial charge on any atom is -0.398 e. The molecule has 1 aromatic rings. The van der Waals surface area contributed by atoms with E-state index in [0.29, 0.717) is 11.3 Å². The highest BCUT2D eigenvalue weighted by Crippen LogP contribution is 2.20. The van der Waals surface area contributed by atoms with Gasteiger partial charge in [0, 0.05) is 24.5 Å². The lowest BCUT2D eigenvalue weighted by molar-refractivity contribution is 0.866. The van der Waals surface area contributed by atoms with E-state index < -0.39 is 0 Å². The van der Waals surface area contributed by atoms with Crippen LogP contribution in [0.5, 0.6) is 0 Å². The molecule has 0 unspecified atom stereocenters. The van der Waals surface area contributed by atoms with Crippen LogP contribution in [0.2, 0.25) is 0 Å². The van der Waals surface area contributed by atoms with Gasteiger partial charge in [0.25, 0.3) is 0 Å². The summed E-state index contributed by atoms with van der Waals surface area (Å²) in [6, 6.07) is 7.65. The van der Waals surface area contributed by atoms with Crippen molar-refractivity contribution in [2.45, 2.75) is 13.8 Å². The van der Waals surface area contributed by atoms with Gasteiger partial charge in [-0.15, -0.1) is 0 Å². The van der Waals surface area contributed by atoms with Crippen LogP contribution in [0.1, 0.15) is 19.4 Å². The highest BCUT2D eigenvalue weighted by atomic mass is 15.1. The fourth-order valence-electron chi connectivity index (χ4n) is 1.43. The van der Waals surface area contributed by atoms with E-state index in [0.717, 1.165) is 18.8 Å². The van der Waals surface area contributed by atoms with E-state index in [2.05, 4.69) is 24.8 Å². The average Bonchev–Trinajstić information content (AvgIpc) is 2.22. The number of nitrogens with two attached hydrogens (primary N) is 1. The Labute approximate surface area is 84.7 Å². The summed E-state index contributed by atoms with van der Waals surface area (Å²) in [5.41, 5.74) is 7.79. The van der Waals surface area contributed by atoms with Crippen molar-refractivity contribution in [1.82, 2.24) is 0 Å². The molecule has 0 aliphatic rings. The van der Waals surface area contributed by atoms with Crippen LogP contribution in [-0.4, -0.2) is 13.1 Å². The molecule has 0 saturated carbocycles. The third kappa shape index (κ3) is 1.97. The molecular formula is C11H15N3. The van der Waals surface area contributed by atoms with Gasteiger partial charge in [-0.05, 0) is 32.0 Å². The lowest BCUT2D eigenvalue weighted by Crippen LogP contribution is -2.21. The second kappa shape index (κ2) is 4.52. The molecule has 0 saturated heterocycles. The van der Waals surface area contributed by atoms with E-state index in [4.69, 9.17) is 11.0 Å². The van der Waals surface area contributed by atoms with E-state index in [1.54, 1.807) is 6.07 Å². The van der Waals surface area contributed by atoms with E-state index >= 15 is 0 Å². The topological polar surface area (TPSA) is 53.0 Å². The number of hydrogen-bond donors (Lipinski definition) is 1. The predicted octanol–water partition coefficient (Wildman–Crippen LogP) is 1.99. The fraction of sp³-hybridized carbons (Fsp3) is 0.364. The van der Waals surface area contributed by atoms with Crippen LogP contribution < -0.4 is 10.6 Å². The Bertz CT molecular complexity index is 348. The van der Waals surface area contributed by atoms with Crippen molar-refractivity contribution in [2.75, 3.05) is 23.7 Å². The zero-order valence-corrected chi connectivity index (χ0v) is 8.62. The lowest BCUT2D eigenvalue weighted by Gasteiger charge is -2.21. The molecule has 0 bridgehead atoms. The van der Waals surface area contributed by atoms with E-state index in [9.17, 15) is 0 Å². The molecular weight excluding hydrogens is 174 g/mol. The maximum absolute atomic E-state index is 8.82. The number of benzene rings is 1. The van der Waals surface area contributed by atoms with Crippen LogP contribution in [0, 0.1) is 11.3 Å². The van der Waals surface area contributed by atoms with Gasteiger partial charge in [-0.2, -0.15) is 5.26 Å². The van der Waals surface area contributed by atoms with Crippen LogP contribution in [0.3, 0.4) is 0 Å². The summed E-state index contributed by atoms with van der Waals surface area (Å²) in [6.45, 7) is 6.05. The molecule has 1 aromatic carbocycles. The largest absolute Gasteiger partial charge is 0.398 e. The first-order valence-electron chi connectivity index (χ1n) is 4.77. The van der Waals surface area contributed by atoms with E-state index in [1.165, 1.54) is 0 Å². The molecule has 3 heteroatoms. The van der Waals surface area contributed by atoms with E-state index in [1.807, 2.05) is 12.1 Å². The van der Waals surface area contributed by atoms with Gasteiger partial charge in [0.2, 0.25) is 0 Å². The van der Waals surface area contributed by atoms with Crippen LogP contribution in [0.15, 0.2) is 18.2 Å². The molecule has 2 N–H and O–H groups in total. The SMILES string of the molecule is CCN(CC)c1ccc(N)c(C#N)c1. The first kappa shape index (κ1) is 10.4. The summed E-state index contributed by atoms with van der Waals surface area (Å²) in [4.78, 5) is 2.18. The number of nitriles is 1.